The lowest BCUT2D eigenvalue weighted by Crippen LogP contribution is -2.40. The molecule has 0 aromatic heterocycles. The van der Waals surface area contributed by atoms with Crippen LogP contribution in [-0.4, -0.2) is 44.7 Å². The molecule has 1 atom stereocenters. The van der Waals surface area contributed by atoms with Crippen molar-refractivity contribution in [1.82, 2.24) is 4.90 Å². The van der Waals surface area contributed by atoms with Crippen molar-refractivity contribution in [1.29, 1.82) is 0 Å². The van der Waals surface area contributed by atoms with Gasteiger partial charge in [-0.3, -0.25) is 4.72 Å². The molecule has 1 unspecified atom stereocenters. The minimum atomic E-state index is -3.35. The number of nitrogens with zero attached hydrogens (tertiary/aromatic N) is 1. The van der Waals surface area contributed by atoms with Crippen LogP contribution in [0.4, 0.5) is 15.8 Å². The molecule has 2 aromatic rings. The van der Waals surface area contributed by atoms with Gasteiger partial charge in [0.15, 0.2) is 0 Å². The molecule has 2 aliphatic rings. The highest BCUT2D eigenvalue weighted by Gasteiger charge is 2.32. The second-order valence-corrected chi connectivity index (χ2v) is 10.0. The third kappa shape index (κ3) is 5.95. The molecule has 2 N–H and O–H groups in total. The van der Waals surface area contributed by atoms with Gasteiger partial charge in [-0.05, 0) is 81.6 Å². The number of hydrogen-bond acceptors (Lipinski definition) is 4. The molecule has 0 amide bonds. The molecule has 4 rings (SSSR count). The highest BCUT2D eigenvalue weighted by atomic mass is 32.2. The molecule has 164 valence electrons. The number of anilines is 2. The topological polar surface area (TPSA) is 61.4 Å². The van der Waals surface area contributed by atoms with Gasteiger partial charge in [0, 0.05) is 12.2 Å². The molecule has 0 spiro atoms. The Balaban J connectivity index is 0.000000310. The van der Waals surface area contributed by atoms with Gasteiger partial charge in [-0.2, -0.15) is 0 Å². The van der Waals surface area contributed by atoms with E-state index in [0.29, 0.717) is 5.69 Å². The quantitative estimate of drug-likeness (QED) is 0.736. The summed E-state index contributed by atoms with van der Waals surface area (Å²) in [5.74, 6) is 0.0605. The molecule has 30 heavy (non-hydrogen) atoms. The third-order valence-electron chi connectivity index (χ3n) is 6.05. The van der Waals surface area contributed by atoms with Gasteiger partial charge in [-0.1, -0.05) is 31.2 Å². The average molecular weight is 434 g/mol. The van der Waals surface area contributed by atoms with E-state index >= 15 is 0 Å². The zero-order valence-electron chi connectivity index (χ0n) is 17.8. The summed E-state index contributed by atoms with van der Waals surface area (Å²) in [4.78, 5) is 2.38. The summed E-state index contributed by atoms with van der Waals surface area (Å²) < 4.78 is 40.1. The van der Waals surface area contributed by atoms with E-state index in [4.69, 9.17) is 0 Å². The van der Waals surface area contributed by atoms with Gasteiger partial charge in [-0.25, -0.2) is 12.8 Å². The third-order valence-corrected chi connectivity index (χ3v) is 7.93. The van der Waals surface area contributed by atoms with Crippen molar-refractivity contribution in [3.8, 4) is 0 Å². The van der Waals surface area contributed by atoms with Gasteiger partial charge in [0.2, 0.25) is 10.0 Å². The summed E-state index contributed by atoms with van der Waals surface area (Å²) in [5, 5.41) is 2.93. The molecule has 1 saturated heterocycles. The van der Waals surface area contributed by atoms with Gasteiger partial charge in [0.05, 0.1) is 10.9 Å². The molecular weight excluding hydrogens is 401 g/mol. The maximum atomic E-state index is 12.7. The first-order valence-electron chi connectivity index (χ1n) is 10.7. The fraction of sp³-hybridized carbons (Fsp3) is 0.478. The van der Waals surface area contributed by atoms with Crippen LogP contribution < -0.4 is 10.0 Å². The highest BCUT2D eigenvalue weighted by Crippen LogP contribution is 2.29. The van der Waals surface area contributed by atoms with Crippen LogP contribution in [0.2, 0.25) is 0 Å². The van der Waals surface area contributed by atoms with E-state index in [1.54, 1.807) is 18.2 Å². The maximum Gasteiger partial charge on any atom is 0.235 e. The smallest absolute Gasteiger partial charge is 0.235 e. The zero-order chi connectivity index (χ0) is 21.6. The molecule has 0 radical (unpaired) electrons. The molecular formula is C23H32FN3O2S. The van der Waals surface area contributed by atoms with E-state index in [9.17, 15) is 12.8 Å². The van der Waals surface area contributed by atoms with E-state index in [1.165, 1.54) is 17.7 Å². The molecule has 0 bridgehead atoms. The van der Waals surface area contributed by atoms with Crippen molar-refractivity contribution in [2.45, 2.75) is 38.4 Å². The highest BCUT2D eigenvalue weighted by molar-refractivity contribution is 7.93. The molecule has 0 saturated carbocycles. The number of hydrogen-bond donors (Lipinski definition) is 2. The first kappa shape index (κ1) is 22.6. The van der Waals surface area contributed by atoms with Crippen LogP contribution in [0.25, 0.3) is 0 Å². The summed E-state index contributed by atoms with van der Waals surface area (Å²) >= 11 is 0. The molecule has 2 aliphatic heterocycles. The number of piperidine rings is 1. The standard InChI is InChI=1S/C17H27N3O2S.C6H5F/c1-3-20-10-7-14(8-11-20)13(2)23(21,22)19-16-5-4-15-6-9-18-17(15)12-16;7-6-4-2-1-3-5-6/h4-5,12-14,18-19H,3,6-11H2,1-2H3;1-5H. The van der Waals surface area contributed by atoms with Crippen molar-refractivity contribution in [3.05, 3.63) is 59.9 Å². The molecule has 5 nitrogen and oxygen atoms in total. The number of likely N-dealkylation sites (tertiary alicyclic amines) is 1. The van der Waals surface area contributed by atoms with Crippen LogP contribution in [0.5, 0.6) is 0 Å². The lowest BCUT2D eigenvalue weighted by molar-refractivity contribution is 0.191. The minimum absolute atomic E-state index is 0.178. The number of rotatable bonds is 5. The van der Waals surface area contributed by atoms with Crippen LogP contribution in [-0.2, 0) is 16.4 Å². The SMILES string of the molecule is CCN1CCC(C(C)S(=O)(=O)Nc2ccc3c(c2)NCC3)CC1.Fc1ccccc1. The van der Waals surface area contributed by atoms with Crippen molar-refractivity contribution < 1.29 is 12.8 Å². The van der Waals surface area contributed by atoms with Gasteiger partial charge >= 0.3 is 0 Å². The Labute approximate surface area is 179 Å². The zero-order valence-corrected chi connectivity index (χ0v) is 18.6. The van der Waals surface area contributed by atoms with Gasteiger partial charge in [0.25, 0.3) is 0 Å². The van der Waals surface area contributed by atoms with Crippen LogP contribution in [0, 0.1) is 11.7 Å². The Morgan fingerprint density at radius 2 is 1.87 bits per heavy atom. The van der Waals surface area contributed by atoms with E-state index in [-0.39, 0.29) is 17.0 Å². The predicted octanol–water partition coefficient (Wildman–Crippen LogP) is 4.34. The van der Waals surface area contributed by atoms with Crippen molar-refractivity contribution in [2.24, 2.45) is 5.92 Å². The Morgan fingerprint density at radius 1 is 1.17 bits per heavy atom. The largest absolute Gasteiger partial charge is 0.384 e. The Kier molecular flexibility index (Phi) is 7.72. The predicted molar refractivity (Wildman–Crippen MR) is 122 cm³/mol. The molecule has 7 heteroatoms. The van der Waals surface area contributed by atoms with Gasteiger partial charge < -0.3 is 10.2 Å². The summed E-state index contributed by atoms with van der Waals surface area (Å²) in [5.41, 5.74) is 2.97. The van der Waals surface area contributed by atoms with Gasteiger partial charge in [0.1, 0.15) is 5.82 Å². The molecule has 2 aromatic carbocycles. The lowest BCUT2D eigenvalue weighted by atomic mass is 9.94. The molecule has 1 fully saturated rings. The number of nitrogens with one attached hydrogen (secondary N) is 2. The summed E-state index contributed by atoms with van der Waals surface area (Å²) in [7, 11) is -3.35. The van der Waals surface area contributed by atoms with Crippen molar-refractivity contribution in [3.63, 3.8) is 0 Å². The van der Waals surface area contributed by atoms with Crippen LogP contribution in [0.3, 0.4) is 0 Å². The maximum absolute atomic E-state index is 12.7. The number of fused-ring (bicyclic) bond motifs is 1. The summed E-state index contributed by atoms with van der Waals surface area (Å²) in [6.07, 6.45) is 2.93. The van der Waals surface area contributed by atoms with Crippen molar-refractivity contribution in [2.75, 3.05) is 36.2 Å². The molecule has 2 heterocycles. The minimum Gasteiger partial charge on any atom is -0.384 e. The summed E-state index contributed by atoms with van der Waals surface area (Å²) in [6, 6.07) is 13.7. The Morgan fingerprint density at radius 3 is 2.47 bits per heavy atom. The van der Waals surface area contributed by atoms with E-state index < -0.39 is 10.0 Å². The first-order valence-corrected chi connectivity index (χ1v) is 12.2. The average Bonchev–Trinajstić information content (AvgIpc) is 3.22. The normalized spacial score (nSPS) is 18.0. The monoisotopic (exact) mass is 433 g/mol. The van der Waals surface area contributed by atoms with Crippen LogP contribution in [0.15, 0.2) is 48.5 Å². The first-order chi connectivity index (χ1) is 14.4. The fourth-order valence-corrected chi connectivity index (χ4v) is 5.44. The van der Waals surface area contributed by atoms with E-state index in [2.05, 4.69) is 21.9 Å². The second kappa shape index (κ2) is 10.3. The van der Waals surface area contributed by atoms with Crippen LogP contribution >= 0.6 is 0 Å². The second-order valence-electron chi connectivity index (χ2n) is 7.97. The van der Waals surface area contributed by atoms with Crippen LogP contribution in [0.1, 0.15) is 32.3 Å². The molecule has 0 aliphatic carbocycles. The lowest BCUT2D eigenvalue weighted by Gasteiger charge is -2.34. The number of sulfonamides is 1. The number of halogens is 1. The summed E-state index contributed by atoms with van der Waals surface area (Å²) in [6.45, 7) is 7.99. The van der Waals surface area contributed by atoms with Crippen molar-refractivity contribution >= 4 is 21.4 Å². The Hall–Kier alpha value is -2.12. The fourth-order valence-electron chi connectivity index (χ4n) is 4.02. The van der Waals surface area contributed by atoms with Gasteiger partial charge in [-0.15, -0.1) is 0 Å². The van der Waals surface area contributed by atoms with E-state index in [1.807, 2.05) is 25.1 Å². The Bertz CT molecular complexity index is 913. The van der Waals surface area contributed by atoms with E-state index in [0.717, 1.165) is 51.1 Å². The number of benzene rings is 2.